The van der Waals surface area contributed by atoms with E-state index in [0.29, 0.717) is 133 Å². The first-order valence-corrected chi connectivity index (χ1v) is 48.9. The maximum Gasteiger partial charge on any atom is 0.240 e. The van der Waals surface area contributed by atoms with Gasteiger partial charge in [-0.25, -0.2) is 33.1 Å². The lowest BCUT2D eigenvalue weighted by Crippen LogP contribution is -2.40. The summed E-state index contributed by atoms with van der Waals surface area (Å²) < 4.78 is 40.2. The van der Waals surface area contributed by atoms with Crippen LogP contribution in [0.2, 0.25) is 0 Å². The molecule has 0 spiro atoms. The van der Waals surface area contributed by atoms with Crippen LogP contribution in [0.3, 0.4) is 0 Å². The third-order valence-electron chi connectivity index (χ3n) is 22.3. The molecule has 9 aromatic rings. The number of aryl methyl sites for hydroxylation is 9. The molecule has 10 rings (SSSR count). The zero-order chi connectivity index (χ0) is 110. The molecule has 1 aliphatic rings. The minimum Gasteiger partial charge on any atom is -0.314 e. The number of nitrogens with zero attached hydrogens (tertiary/aromatic N) is 19. The summed E-state index contributed by atoms with van der Waals surface area (Å²) in [4.78, 5) is 152. The number of aromatic nitrogens is 6. The average Bonchev–Trinajstić information content (AvgIpc) is 0.846. The summed E-state index contributed by atoms with van der Waals surface area (Å²) in [5, 5.41) is 15.6. The van der Waals surface area contributed by atoms with E-state index in [9.17, 15) is 56.3 Å². The minimum absolute atomic E-state index is 0.00107. The molecule has 1 saturated carbocycles. The Balaban J connectivity index is 0.000000556. The fourth-order valence-corrected chi connectivity index (χ4v) is 12.4. The van der Waals surface area contributed by atoms with E-state index in [1.54, 1.807) is 192 Å². The Labute approximate surface area is 867 Å². The van der Waals surface area contributed by atoms with Gasteiger partial charge >= 0.3 is 0 Å². The summed E-state index contributed by atoms with van der Waals surface area (Å²) in [6.45, 7) is 35.8. The van der Waals surface area contributed by atoms with Gasteiger partial charge in [-0.05, 0) is 233 Å². The molecule has 5 N–H and O–H groups in total. The number of hydrogen-bond acceptors (Lipinski definition) is 24. The normalized spacial score (nSPS) is 11.3. The van der Waals surface area contributed by atoms with Crippen LogP contribution in [0.5, 0.6) is 0 Å². The molecule has 4 heterocycles. The third kappa shape index (κ3) is 51.8. The fraction of sp³-hybridized carbons (Fsp3) is 0.482. The van der Waals surface area contributed by atoms with Gasteiger partial charge in [-0.1, -0.05) is 128 Å². The molecular formula is C110H167F3N24O9. The van der Waals surface area contributed by atoms with Gasteiger partial charge in [0.05, 0.1) is 119 Å². The number of pyridine rings is 2. The van der Waals surface area contributed by atoms with E-state index in [2.05, 4.69) is 56.5 Å². The Morgan fingerprint density at radius 1 is 0.267 bits per heavy atom. The van der Waals surface area contributed by atoms with Crippen LogP contribution >= 0.6 is 0 Å². The molecule has 802 valence electrons. The van der Waals surface area contributed by atoms with E-state index < -0.39 is 0 Å². The number of benzene rings is 5. The Bertz CT molecular complexity index is 5070. The highest BCUT2D eigenvalue weighted by molar-refractivity contribution is 5.99. The van der Waals surface area contributed by atoms with Gasteiger partial charge in [-0.2, -0.15) is 0 Å². The predicted octanol–water partition coefficient (Wildman–Crippen LogP) is 13.6. The van der Waals surface area contributed by atoms with Crippen molar-refractivity contribution in [1.82, 2.24) is 76.1 Å². The molecule has 0 aliphatic heterocycles. The van der Waals surface area contributed by atoms with Gasteiger partial charge in [0.2, 0.25) is 53.2 Å². The highest BCUT2D eigenvalue weighted by Crippen LogP contribution is 2.24. The number of nitrogens with one attached hydrogen (secondary N) is 5. The van der Waals surface area contributed by atoms with E-state index in [-0.39, 0.29) is 83.2 Å². The van der Waals surface area contributed by atoms with Gasteiger partial charge in [-0.3, -0.25) is 53.1 Å². The van der Waals surface area contributed by atoms with Gasteiger partial charge in [0, 0.05) is 133 Å². The number of carbonyl (C=O) groups is 9. The lowest BCUT2D eigenvalue weighted by molar-refractivity contribution is -0.119. The topological polar surface area (TPSA) is 333 Å². The average molecular weight is 2030 g/mol. The monoisotopic (exact) mass is 2030 g/mol. The Kier molecular flexibility index (Phi) is 60.1. The number of halogens is 3. The molecule has 36 heteroatoms. The molecule has 1 fully saturated rings. The first-order chi connectivity index (χ1) is 68.4. The van der Waals surface area contributed by atoms with E-state index >= 15 is 0 Å². The van der Waals surface area contributed by atoms with Crippen LogP contribution in [-0.2, 0) is 43.2 Å². The zero-order valence-corrected chi connectivity index (χ0v) is 93.2. The summed E-state index contributed by atoms with van der Waals surface area (Å²) in [7, 11) is 30.4. The van der Waals surface area contributed by atoms with Crippen LogP contribution in [0, 0.1) is 79.8 Å². The number of anilines is 9. The second-order valence-electron chi connectivity index (χ2n) is 38.1. The number of hydrogen-bond donors (Lipinski definition) is 5. The third-order valence-corrected chi connectivity index (χ3v) is 22.3. The summed E-state index contributed by atoms with van der Waals surface area (Å²) >= 11 is 0. The van der Waals surface area contributed by atoms with Crippen molar-refractivity contribution in [2.45, 2.75) is 180 Å². The van der Waals surface area contributed by atoms with Gasteiger partial charge in [0.1, 0.15) is 29.1 Å². The van der Waals surface area contributed by atoms with Gasteiger partial charge in [0.15, 0.2) is 0 Å². The molecule has 0 saturated heterocycles. The van der Waals surface area contributed by atoms with Crippen molar-refractivity contribution < 1.29 is 56.3 Å². The number of amides is 9. The number of rotatable bonds is 32. The van der Waals surface area contributed by atoms with Crippen molar-refractivity contribution in [2.75, 3.05) is 223 Å². The van der Waals surface area contributed by atoms with Crippen LogP contribution in [0.15, 0.2) is 165 Å². The molecular weight excluding hydrogens is 1860 g/mol. The van der Waals surface area contributed by atoms with Crippen molar-refractivity contribution in [3.05, 3.63) is 233 Å². The highest BCUT2D eigenvalue weighted by Gasteiger charge is 2.22. The van der Waals surface area contributed by atoms with Crippen molar-refractivity contribution in [1.29, 1.82) is 0 Å². The predicted molar refractivity (Wildman–Crippen MR) is 590 cm³/mol. The van der Waals surface area contributed by atoms with E-state index in [1.807, 2.05) is 241 Å². The van der Waals surface area contributed by atoms with Crippen LogP contribution < -0.4 is 70.7 Å². The largest absolute Gasteiger partial charge is 0.314 e. The Hall–Kier alpha value is -12.8. The van der Waals surface area contributed by atoms with Gasteiger partial charge in [-0.15, -0.1) is 0 Å². The first-order valence-electron chi connectivity index (χ1n) is 48.9. The van der Waals surface area contributed by atoms with E-state index in [0.717, 1.165) is 47.0 Å². The minimum atomic E-state index is -0.293. The molecule has 1 aliphatic carbocycles. The van der Waals surface area contributed by atoms with Crippen molar-refractivity contribution in [3.8, 4) is 0 Å². The van der Waals surface area contributed by atoms with E-state index in [1.165, 1.54) is 63.3 Å². The zero-order valence-electron chi connectivity index (χ0n) is 93.2. The highest BCUT2D eigenvalue weighted by atomic mass is 19.1. The first kappa shape index (κ1) is 129. The summed E-state index contributed by atoms with van der Waals surface area (Å²) in [6.07, 6.45) is 16.1. The summed E-state index contributed by atoms with van der Waals surface area (Å²) in [6, 6.07) is 39.6. The second kappa shape index (κ2) is 67.8. The molecule has 0 unspecified atom stereocenters. The molecule has 146 heavy (non-hydrogen) atoms. The second-order valence-corrected chi connectivity index (χ2v) is 38.1. The Morgan fingerprint density at radius 3 is 0.733 bits per heavy atom. The maximum atomic E-state index is 13.5. The molecule has 9 amide bonds. The lowest BCUT2D eigenvalue weighted by Gasteiger charge is -2.24. The molecule has 33 nitrogen and oxygen atoms in total. The molecule has 5 aromatic carbocycles. The Morgan fingerprint density at radius 2 is 0.479 bits per heavy atom. The van der Waals surface area contributed by atoms with Gasteiger partial charge < -0.3 is 90.3 Å². The molecule has 0 bridgehead atoms. The smallest absolute Gasteiger partial charge is 0.240 e. The van der Waals surface area contributed by atoms with Crippen molar-refractivity contribution in [3.63, 3.8) is 0 Å². The van der Waals surface area contributed by atoms with Crippen molar-refractivity contribution in [2.24, 2.45) is 0 Å². The molecule has 4 aromatic heterocycles. The van der Waals surface area contributed by atoms with Crippen LogP contribution in [0.1, 0.15) is 138 Å². The van der Waals surface area contributed by atoms with Crippen LogP contribution in [-0.4, -0.2) is 312 Å². The quantitative estimate of drug-likeness (QED) is 0.0261. The lowest BCUT2D eigenvalue weighted by atomic mass is 9.95. The number of carbonyl (C=O) groups excluding carboxylic acids is 9. The fourth-order valence-electron chi connectivity index (χ4n) is 12.4. The SMILES string of the molecule is Cc1ccc(N(C)C(=O)CN(C)C)cc1.Cc1ccc(N(C)C(=O)CN(C)C)cc1F.Cc1ccc(N(C)C(=O)CN(C)C)cn1.Cc1ccc(N(C)C(=O)CNC(C)C)cc1.Cc1ccc(N(C)C(=O)CNC(C)C)cc1F.Cc1ccc(N(C)C(=O)CNC(C)C)cn1.Cc1ccc(N(C)C(=O)CNC2CCCCC2)cc1F.Cc1ncc(N(C)C(=O)CN(C)C)cn1.Cc1ncc(N(C)C(=O)CNC(C)C)cn1. The van der Waals surface area contributed by atoms with Gasteiger partial charge in [0.25, 0.3) is 0 Å². The summed E-state index contributed by atoms with van der Waals surface area (Å²) in [5.41, 5.74) is 12.7. The van der Waals surface area contributed by atoms with Crippen LogP contribution in [0.25, 0.3) is 0 Å². The maximum absolute atomic E-state index is 13.5. The van der Waals surface area contributed by atoms with E-state index in [4.69, 9.17) is 0 Å². The standard InChI is InChI=1S/C16H23FN2O.C13H19FN2O.C13H20N2O.C12H17FN2O.C12H19N3O.C12H18N2O.C11H18N4O.C11H17N3O.C10H16N4O/c1-12-8-9-14(10-15(12)17)19(2)16(20)11-18-13-6-4-3-5-7-13;1-9(2)15-8-13(17)16(4)11-6-5-10(3)12(14)7-11;1-10(2)14-9-13(16)15(4)12-7-5-11(3)6-8-12;1-9-5-6-10(7-11(9)13)15(4)12(16)8-14(2)3;1-9(2)13-8-12(16)15(4)11-6-5-10(3)14-7-11;1-10-5-7-11(8-6-10)14(4)12(15)9-13(2)3;1-8(2)12-7-11(16)15(4)10-5-13-9(3)14-6-10;1-9-5-6-10(7-12-9)14(4)11(15)8-13(2)3;1-8-11-5-9(6-12-8)14(4)10(15)7-13(2)3/h8-10,13,18H,3-7,11H2,1-2H3;5-7,9,15H,8H2,1-4H3;5-8,10,14H,9H2,1-4H3;5-7H,8H2,1-4H3;5-7,9,13H,8H2,1-4H3;5-8H,9H2,1-4H3;5-6,8,12H,7H2,1-4H3;5-7H,8H2,1-4H3;5-6H,7H2,1-4H3. The van der Waals surface area contributed by atoms with Crippen molar-refractivity contribution >= 4 is 104 Å². The summed E-state index contributed by atoms with van der Waals surface area (Å²) in [5.74, 6) is 0.675. The van der Waals surface area contributed by atoms with Crippen LogP contribution in [0.4, 0.5) is 64.4 Å². The molecule has 0 atom stereocenters. The molecule has 0 radical (unpaired) electrons. The number of likely N-dealkylation sites (N-methyl/N-ethyl adjacent to an activating group) is 13.